The lowest BCUT2D eigenvalue weighted by atomic mass is 10.1. The molecule has 1 unspecified atom stereocenters. The third-order valence-electron chi connectivity index (χ3n) is 2.62. The molecule has 4 nitrogen and oxygen atoms in total. The molecule has 0 spiro atoms. The number of piperidine rings is 1. The average Bonchev–Trinajstić information content (AvgIpc) is 2.62. The third-order valence-corrected chi connectivity index (χ3v) is 3.87. The van der Waals surface area contributed by atoms with Crippen LogP contribution in [0, 0.1) is 6.92 Å². The number of aromatic nitrogens is 1. The normalized spacial score (nSPS) is 21.5. The van der Waals surface area contributed by atoms with E-state index in [1.165, 1.54) is 24.2 Å². The van der Waals surface area contributed by atoms with Gasteiger partial charge in [0.25, 0.3) is 0 Å². The summed E-state index contributed by atoms with van der Waals surface area (Å²) in [5.74, 6) is -0.868. The number of carboxylic acids is 1. The largest absolute Gasteiger partial charge is 0.477 e. The number of nitrogens with zero attached hydrogens (tertiary/aromatic N) is 1. The number of hydrogen-bond donors (Lipinski definition) is 2. The van der Waals surface area contributed by atoms with E-state index in [0.29, 0.717) is 10.6 Å². The number of hydrogen-bond acceptors (Lipinski definition) is 4. The van der Waals surface area contributed by atoms with Crippen LogP contribution in [-0.2, 0) is 0 Å². The molecule has 0 aromatic carbocycles. The first-order chi connectivity index (χ1) is 7.18. The zero-order chi connectivity index (χ0) is 10.8. The Morgan fingerprint density at radius 2 is 2.40 bits per heavy atom. The van der Waals surface area contributed by atoms with Crippen molar-refractivity contribution in [3.05, 3.63) is 15.6 Å². The molecule has 1 saturated heterocycles. The molecule has 0 bridgehead atoms. The fraction of sp³-hybridized carbons (Fsp3) is 0.600. The second kappa shape index (κ2) is 4.28. The monoisotopic (exact) mass is 226 g/mol. The minimum absolute atomic E-state index is 0.260. The van der Waals surface area contributed by atoms with Crippen LogP contribution in [-0.4, -0.2) is 22.6 Å². The van der Waals surface area contributed by atoms with Gasteiger partial charge in [-0.2, -0.15) is 0 Å². The molecule has 5 heteroatoms. The Hall–Kier alpha value is -0.940. The Kier molecular flexibility index (Phi) is 3.02. The van der Waals surface area contributed by atoms with Gasteiger partial charge in [0.15, 0.2) is 0 Å². The number of rotatable bonds is 2. The predicted octanol–water partition coefficient (Wildman–Crippen LogP) is 1.96. The van der Waals surface area contributed by atoms with E-state index in [-0.39, 0.29) is 6.04 Å². The fourth-order valence-corrected chi connectivity index (χ4v) is 2.84. The second-order valence-corrected chi connectivity index (χ2v) is 4.80. The molecule has 0 saturated carbocycles. The van der Waals surface area contributed by atoms with Gasteiger partial charge in [0.2, 0.25) is 0 Å². The van der Waals surface area contributed by atoms with Crippen molar-refractivity contribution in [3.8, 4) is 0 Å². The zero-order valence-electron chi connectivity index (χ0n) is 8.62. The highest BCUT2D eigenvalue weighted by atomic mass is 32.1. The van der Waals surface area contributed by atoms with Crippen molar-refractivity contribution in [2.75, 3.05) is 6.54 Å². The van der Waals surface area contributed by atoms with Gasteiger partial charge in [-0.05, 0) is 26.3 Å². The van der Waals surface area contributed by atoms with Crippen molar-refractivity contribution in [2.45, 2.75) is 32.2 Å². The van der Waals surface area contributed by atoms with Gasteiger partial charge in [0, 0.05) is 0 Å². The molecule has 1 aliphatic rings. The SMILES string of the molecule is Cc1nc(C2CCCCN2)sc1C(=O)O. The van der Waals surface area contributed by atoms with E-state index in [4.69, 9.17) is 5.11 Å². The smallest absolute Gasteiger partial charge is 0.347 e. The number of thiazole rings is 1. The van der Waals surface area contributed by atoms with Crippen molar-refractivity contribution in [3.63, 3.8) is 0 Å². The Balaban J connectivity index is 2.21. The standard InChI is InChI=1S/C10H14N2O2S/c1-6-8(10(13)14)15-9(12-6)7-4-2-3-5-11-7/h7,11H,2-5H2,1H3,(H,13,14). The summed E-state index contributed by atoms with van der Waals surface area (Å²) in [6, 6.07) is 0.260. The Bertz CT molecular complexity index is 369. The van der Waals surface area contributed by atoms with Gasteiger partial charge in [-0.25, -0.2) is 9.78 Å². The van der Waals surface area contributed by atoms with E-state index in [2.05, 4.69) is 10.3 Å². The van der Waals surface area contributed by atoms with E-state index in [1.807, 2.05) is 0 Å². The number of carbonyl (C=O) groups is 1. The van der Waals surface area contributed by atoms with Crippen LogP contribution in [0.1, 0.15) is 45.7 Å². The first-order valence-corrected chi connectivity index (χ1v) is 5.94. The van der Waals surface area contributed by atoms with Crippen molar-refractivity contribution in [2.24, 2.45) is 0 Å². The van der Waals surface area contributed by atoms with Crippen LogP contribution in [0.25, 0.3) is 0 Å². The Morgan fingerprint density at radius 3 is 2.93 bits per heavy atom. The molecule has 2 N–H and O–H groups in total. The fourth-order valence-electron chi connectivity index (χ4n) is 1.83. The number of carboxylic acid groups (broad SMARTS) is 1. The van der Waals surface area contributed by atoms with Crippen LogP contribution in [0.15, 0.2) is 0 Å². The van der Waals surface area contributed by atoms with E-state index in [9.17, 15) is 4.79 Å². The third kappa shape index (κ3) is 2.18. The number of aryl methyl sites for hydroxylation is 1. The first-order valence-electron chi connectivity index (χ1n) is 5.12. The maximum atomic E-state index is 10.9. The molecule has 82 valence electrons. The molecule has 2 rings (SSSR count). The van der Waals surface area contributed by atoms with Gasteiger partial charge in [-0.3, -0.25) is 0 Å². The number of aromatic carboxylic acids is 1. The van der Waals surface area contributed by atoms with Gasteiger partial charge in [-0.15, -0.1) is 11.3 Å². The molecular formula is C10H14N2O2S. The van der Waals surface area contributed by atoms with Crippen LogP contribution in [0.2, 0.25) is 0 Å². The van der Waals surface area contributed by atoms with E-state index >= 15 is 0 Å². The predicted molar refractivity (Wildman–Crippen MR) is 58.4 cm³/mol. The van der Waals surface area contributed by atoms with Crippen molar-refractivity contribution >= 4 is 17.3 Å². The summed E-state index contributed by atoms with van der Waals surface area (Å²) in [6.07, 6.45) is 3.46. The lowest BCUT2D eigenvalue weighted by Gasteiger charge is -2.21. The van der Waals surface area contributed by atoms with Gasteiger partial charge in [0.1, 0.15) is 9.88 Å². The van der Waals surface area contributed by atoms with E-state index in [1.54, 1.807) is 6.92 Å². The Labute approximate surface area is 92.3 Å². The van der Waals surface area contributed by atoms with Crippen LogP contribution in [0.4, 0.5) is 0 Å². The van der Waals surface area contributed by atoms with E-state index in [0.717, 1.165) is 18.0 Å². The van der Waals surface area contributed by atoms with Crippen molar-refractivity contribution < 1.29 is 9.90 Å². The lowest BCUT2D eigenvalue weighted by Crippen LogP contribution is -2.26. The maximum Gasteiger partial charge on any atom is 0.347 e. The minimum atomic E-state index is -0.868. The van der Waals surface area contributed by atoms with Crippen LogP contribution >= 0.6 is 11.3 Å². The topological polar surface area (TPSA) is 62.2 Å². The summed E-state index contributed by atoms with van der Waals surface area (Å²) in [4.78, 5) is 15.6. The van der Waals surface area contributed by atoms with Crippen molar-refractivity contribution in [1.29, 1.82) is 0 Å². The summed E-state index contributed by atoms with van der Waals surface area (Å²) in [6.45, 7) is 2.76. The van der Waals surface area contributed by atoms with Gasteiger partial charge in [0.05, 0.1) is 11.7 Å². The molecule has 0 aliphatic carbocycles. The molecular weight excluding hydrogens is 212 g/mol. The van der Waals surface area contributed by atoms with Crippen LogP contribution < -0.4 is 5.32 Å². The van der Waals surface area contributed by atoms with Gasteiger partial charge >= 0.3 is 5.97 Å². The molecule has 1 aromatic heterocycles. The first kappa shape index (κ1) is 10.6. The minimum Gasteiger partial charge on any atom is -0.477 e. The average molecular weight is 226 g/mol. The highest BCUT2D eigenvalue weighted by Crippen LogP contribution is 2.28. The summed E-state index contributed by atoms with van der Waals surface area (Å²) in [7, 11) is 0. The van der Waals surface area contributed by atoms with Crippen molar-refractivity contribution in [1.82, 2.24) is 10.3 Å². The molecule has 0 radical (unpaired) electrons. The Morgan fingerprint density at radius 1 is 1.60 bits per heavy atom. The summed E-state index contributed by atoms with van der Waals surface area (Å²) in [5, 5.41) is 13.2. The quantitative estimate of drug-likeness (QED) is 0.809. The summed E-state index contributed by atoms with van der Waals surface area (Å²) < 4.78 is 0. The molecule has 1 fully saturated rings. The van der Waals surface area contributed by atoms with Crippen LogP contribution in [0.3, 0.4) is 0 Å². The molecule has 1 aromatic rings. The zero-order valence-corrected chi connectivity index (χ0v) is 9.43. The highest BCUT2D eigenvalue weighted by molar-refractivity contribution is 7.13. The van der Waals surface area contributed by atoms with Gasteiger partial charge < -0.3 is 10.4 Å². The van der Waals surface area contributed by atoms with E-state index < -0.39 is 5.97 Å². The highest BCUT2D eigenvalue weighted by Gasteiger charge is 2.21. The second-order valence-electron chi connectivity index (χ2n) is 3.77. The van der Waals surface area contributed by atoms with Gasteiger partial charge in [-0.1, -0.05) is 6.42 Å². The van der Waals surface area contributed by atoms with Crippen LogP contribution in [0.5, 0.6) is 0 Å². The molecule has 2 heterocycles. The molecule has 1 atom stereocenters. The lowest BCUT2D eigenvalue weighted by molar-refractivity contribution is 0.0701. The molecule has 1 aliphatic heterocycles. The maximum absolute atomic E-state index is 10.9. The summed E-state index contributed by atoms with van der Waals surface area (Å²) in [5.41, 5.74) is 0.634. The molecule has 0 amide bonds. The number of nitrogens with one attached hydrogen (secondary N) is 1. The molecule has 15 heavy (non-hydrogen) atoms. The summed E-state index contributed by atoms with van der Waals surface area (Å²) >= 11 is 1.30.